The van der Waals surface area contributed by atoms with Gasteiger partial charge in [0.25, 0.3) is 0 Å². The van der Waals surface area contributed by atoms with E-state index in [1.807, 2.05) is 0 Å². The molecule has 3 heterocycles. The zero-order chi connectivity index (χ0) is 28.2. The lowest BCUT2D eigenvalue weighted by Crippen LogP contribution is -2.51. The van der Waals surface area contributed by atoms with Gasteiger partial charge in [-0.1, -0.05) is 24.3 Å². The molecule has 0 N–H and O–H groups in total. The normalized spacial score (nSPS) is 15.1. The molecule has 5 aromatic rings. The quantitative estimate of drug-likeness (QED) is 0.170. The van der Waals surface area contributed by atoms with Gasteiger partial charge in [0.1, 0.15) is 11.5 Å². The Balaban J connectivity index is 1.30. The van der Waals surface area contributed by atoms with Crippen LogP contribution in [0.15, 0.2) is 66.7 Å². The van der Waals surface area contributed by atoms with Crippen molar-refractivity contribution in [3.05, 3.63) is 72.5 Å². The van der Waals surface area contributed by atoms with E-state index in [1.54, 1.807) is 54.4 Å². The molecule has 3 aromatic carbocycles. The number of hydrogen-bond donors (Lipinski definition) is 0. The van der Waals surface area contributed by atoms with Gasteiger partial charge in [-0.25, -0.2) is 9.37 Å². The molecule has 6 rings (SSSR count). The summed E-state index contributed by atoms with van der Waals surface area (Å²) >= 11 is 0. The minimum absolute atomic E-state index is 0.0490. The monoisotopic (exact) mass is 558 g/mol. The van der Waals surface area contributed by atoms with Gasteiger partial charge in [0, 0.05) is 42.8 Å². The molecular formula is C28H24F6N6. The van der Waals surface area contributed by atoms with Gasteiger partial charge in [-0.3, -0.25) is 14.1 Å². The molecule has 0 spiro atoms. The molecule has 0 saturated carbocycles. The van der Waals surface area contributed by atoms with Crippen molar-refractivity contribution in [3.8, 4) is 11.3 Å². The number of nitrogens with zero attached hydrogens (tertiary/aromatic N) is 6. The summed E-state index contributed by atoms with van der Waals surface area (Å²) in [5.74, 6) is -0.388. The number of fused-ring (bicyclic) bond motifs is 2. The largest absolute Gasteiger partial charge is 0.485 e. The Kier molecular flexibility index (Phi) is 6.35. The summed E-state index contributed by atoms with van der Waals surface area (Å²) in [5, 5.41) is 5.03. The molecule has 0 unspecified atom stereocenters. The third kappa shape index (κ3) is 4.50. The van der Waals surface area contributed by atoms with Gasteiger partial charge < -0.3 is 4.90 Å². The second-order valence-corrected chi connectivity index (χ2v) is 9.79. The smallest absolute Gasteiger partial charge is 0.342 e. The second kappa shape index (κ2) is 9.76. The number of alkyl halides is 5. The Morgan fingerprint density at radius 3 is 2.38 bits per heavy atom. The number of benzene rings is 3. The van der Waals surface area contributed by atoms with Crippen molar-refractivity contribution in [3.63, 3.8) is 0 Å². The maximum atomic E-state index is 14.5. The first-order valence-corrected chi connectivity index (χ1v) is 12.7. The number of para-hydroxylation sites is 2. The molecule has 2 aromatic heterocycles. The van der Waals surface area contributed by atoms with Crippen LogP contribution < -0.4 is 9.80 Å². The van der Waals surface area contributed by atoms with E-state index >= 15 is 0 Å². The molecule has 1 fully saturated rings. The molecule has 40 heavy (non-hydrogen) atoms. The number of halogens is 6. The van der Waals surface area contributed by atoms with E-state index in [0.29, 0.717) is 32.6 Å². The van der Waals surface area contributed by atoms with E-state index in [1.165, 1.54) is 28.9 Å². The molecule has 1 aliphatic rings. The number of anilines is 2. The third-order valence-corrected chi connectivity index (χ3v) is 7.37. The van der Waals surface area contributed by atoms with Crippen LogP contribution in [0.25, 0.3) is 33.2 Å². The number of hydrogen-bond acceptors (Lipinski definition) is 4. The van der Waals surface area contributed by atoms with Crippen molar-refractivity contribution in [2.75, 3.05) is 22.9 Å². The van der Waals surface area contributed by atoms with Crippen molar-refractivity contribution < 1.29 is 26.3 Å². The maximum Gasteiger partial charge on any atom is 0.485 e. The summed E-state index contributed by atoms with van der Waals surface area (Å²) < 4.78 is 87.4. The average molecular weight is 559 g/mol. The molecule has 0 radical (unpaired) electrons. The van der Waals surface area contributed by atoms with Gasteiger partial charge in [0.15, 0.2) is 0 Å². The Morgan fingerprint density at radius 1 is 0.925 bits per heavy atom. The average Bonchev–Trinajstić information content (AvgIpc) is 3.47. The fourth-order valence-corrected chi connectivity index (χ4v) is 5.58. The second-order valence-electron chi connectivity index (χ2n) is 9.79. The van der Waals surface area contributed by atoms with Crippen LogP contribution in [0.3, 0.4) is 0 Å². The lowest BCUT2D eigenvalue weighted by molar-refractivity contribution is -0.135. The highest BCUT2D eigenvalue weighted by Crippen LogP contribution is 2.38. The van der Waals surface area contributed by atoms with Crippen LogP contribution in [0.5, 0.6) is 0 Å². The van der Waals surface area contributed by atoms with Crippen molar-refractivity contribution in [2.45, 2.75) is 31.7 Å². The molecule has 0 atom stereocenters. The lowest BCUT2D eigenvalue weighted by Gasteiger charge is -2.40. The zero-order valence-corrected chi connectivity index (χ0v) is 21.3. The van der Waals surface area contributed by atoms with Crippen LogP contribution in [0, 0.1) is 5.82 Å². The molecule has 208 valence electrons. The fraction of sp³-hybridized carbons (Fsp3) is 0.286. The van der Waals surface area contributed by atoms with Crippen LogP contribution in [0.1, 0.15) is 19.4 Å². The van der Waals surface area contributed by atoms with Crippen molar-refractivity contribution in [1.29, 1.82) is 0 Å². The predicted octanol–water partition coefficient (Wildman–Crippen LogP) is 7.12. The van der Waals surface area contributed by atoms with Gasteiger partial charge >= 0.3 is 12.8 Å². The topological polar surface area (TPSA) is 42.1 Å². The van der Waals surface area contributed by atoms with Crippen LogP contribution in [-0.4, -0.2) is 44.8 Å². The third-order valence-electron chi connectivity index (χ3n) is 7.37. The highest BCUT2D eigenvalue weighted by molar-refractivity contribution is 5.95. The van der Waals surface area contributed by atoms with Gasteiger partial charge in [0.05, 0.1) is 16.6 Å². The minimum atomic E-state index is -4.68. The van der Waals surface area contributed by atoms with Crippen LogP contribution in [0.4, 0.5) is 38.0 Å². The van der Waals surface area contributed by atoms with E-state index in [4.69, 9.17) is 0 Å². The van der Waals surface area contributed by atoms with E-state index in [0.717, 1.165) is 4.57 Å². The van der Waals surface area contributed by atoms with Crippen LogP contribution in [0.2, 0.25) is 0 Å². The van der Waals surface area contributed by atoms with Gasteiger partial charge in [0.2, 0.25) is 5.95 Å². The molecular weight excluding hydrogens is 534 g/mol. The Labute approximate surface area is 225 Å². The van der Waals surface area contributed by atoms with Crippen molar-refractivity contribution in [2.24, 2.45) is 7.05 Å². The standard InChI is InChI=1S/C28H24F6N6/c1-37-24-16-20(9-10-21(24)25(36-37)17-5-4-6-18(29)15-17)40(28(32,33)34)19-11-13-38(14-12-19)27-35-22-7-2-3-8-23(22)39(27)26(30)31/h2-10,15-16,19,26H,11-14H2,1H3. The van der Waals surface area contributed by atoms with E-state index in [9.17, 15) is 26.3 Å². The van der Waals surface area contributed by atoms with Gasteiger partial charge in [-0.2, -0.15) is 27.1 Å². The van der Waals surface area contributed by atoms with Gasteiger partial charge in [-0.05, 0) is 55.3 Å². The molecule has 12 heteroatoms. The van der Waals surface area contributed by atoms with E-state index < -0.39 is 24.7 Å². The van der Waals surface area contributed by atoms with Crippen molar-refractivity contribution in [1.82, 2.24) is 19.3 Å². The minimum Gasteiger partial charge on any atom is -0.342 e. The summed E-state index contributed by atoms with van der Waals surface area (Å²) in [4.78, 5) is 6.41. The van der Waals surface area contributed by atoms with Crippen LogP contribution in [-0.2, 0) is 7.05 Å². The number of aryl methyl sites for hydroxylation is 1. The first-order chi connectivity index (χ1) is 19.1. The SMILES string of the molecule is Cn1nc(-c2cccc(F)c2)c2ccc(N(C3CCN(c4nc5ccccc5n4C(F)F)CC3)C(F)(F)F)cc21. The number of piperidine rings is 1. The summed E-state index contributed by atoms with van der Waals surface area (Å²) in [6, 6.07) is 15.9. The van der Waals surface area contributed by atoms with E-state index in [2.05, 4.69) is 10.1 Å². The van der Waals surface area contributed by atoms with Crippen molar-refractivity contribution >= 4 is 33.6 Å². The fourth-order valence-electron chi connectivity index (χ4n) is 5.58. The number of aromatic nitrogens is 4. The number of imidazole rings is 1. The molecule has 6 nitrogen and oxygen atoms in total. The van der Waals surface area contributed by atoms with Gasteiger partial charge in [-0.15, -0.1) is 0 Å². The summed E-state index contributed by atoms with van der Waals surface area (Å²) in [5.41, 5.74) is 2.08. The first kappa shape index (κ1) is 26.0. The Morgan fingerprint density at radius 2 is 1.68 bits per heavy atom. The summed E-state index contributed by atoms with van der Waals surface area (Å²) in [6.07, 6.45) is -4.51. The molecule has 0 amide bonds. The lowest BCUT2D eigenvalue weighted by atomic mass is 10.0. The summed E-state index contributed by atoms with van der Waals surface area (Å²) in [7, 11) is 1.63. The predicted molar refractivity (Wildman–Crippen MR) is 141 cm³/mol. The molecule has 0 aliphatic carbocycles. The Bertz CT molecular complexity index is 1680. The maximum absolute atomic E-state index is 14.5. The zero-order valence-electron chi connectivity index (χ0n) is 21.3. The number of rotatable bonds is 5. The molecule has 0 bridgehead atoms. The summed E-state index contributed by atoms with van der Waals surface area (Å²) in [6.45, 7) is -2.58. The van der Waals surface area contributed by atoms with Crippen LogP contribution >= 0.6 is 0 Å². The molecule has 1 saturated heterocycles. The van der Waals surface area contributed by atoms with E-state index in [-0.39, 0.29) is 43.1 Å². The Hall–Kier alpha value is -4.22. The highest BCUT2D eigenvalue weighted by atomic mass is 19.4. The first-order valence-electron chi connectivity index (χ1n) is 12.7. The highest BCUT2D eigenvalue weighted by Gasteiger charge is 2.43. The molecule has 1 aliphatic heterocycles.